The topological polar surface area (TPSA) is 282 Å². The molecule has 4 aromatic rings. The molecule has 2 aromatic heterocycles. The Balaban J connectivity index is 0.000000453. The van der Waals surface area contributed by atoms with E-state index in [0.717, 1.165) is 21.1 Å². The Bertz CT molecular complexity index is 2430. The van der Waals surface area contributed by atoms with Crippen LogP contribution in [-0.4, -0.2) is 168 Å². The number of sulfonamides is 2. The summed E-state index contributed by atoms with van der Waals surface area (Å²) in [4.78, 5) is 39.1. The molecule has 2 heterocycles. The number of rotatable bonds is 20. The summed E-state index contributed by atoms with van der Waals surface area (Å²) in [7, 11) is -4.65. The predicted octanol–water partition coefficient (Wildman–Crippen LogP) is 4.42. The van der Waals surface area contributed by atoms with Gasteiger partial charge in [0, 0.05) is 86.9 Å². The first kappa shape index (κ1) is 58.6. The second-order valence-corrected chi connectivity index (χ2v) is 20.0. The SMILES string of the molecule is CC(C)c1nc(N(C)S(C)(=O)=O)nc(-c2ccc(F)cc2)c1/C=C/[C@@H](O)C[C@@H](O)CC(=O)O.CC(C)c1nc(N(C)S(C)(=O)=O)nc(-c2ccc(F)cc2)c1/C=C/[C@@H](O)C[C@@H](O)CC(=O)O.[Ca]. The van der Waals surface area contributed by atoms with Crippen molar-refractivity contribution in [1.82, 2.24) is 19.9 Å². The number of carbonyl (C=O) groups is 2. The van der Waals surface area contributed by atoms with Crippen molar-refractivity contribution >= 4 is 93.8 Å². The van der Waals surface area contributed by atoms with Crippen molar-refractivity contribution in [2.75, 3.05) is 35.2 Å². The van der Waals surface area contributed by atoms with Crippen LogP contribution in [0.3, 0.4) is 0 Å². The van der Waals surface area contributed by atoms with Gasteiger partial charge in [0.2, 0.25) is 31.9 Å². The molecule has 0 aliphatic carbocycles. The number of anilines is 2. The minimum absolute atomic E-state index is 0. The maximum atomic E-state index is 13.5. The van der Waals surface area contributed by atoms with Gasteiger partial charge >= 0.3 is 11.9 Å². The zero-order chi connectivity index (χ0) is 49.8. The number of carboxylic acid groups (broad SMARTS) is 2. The fourth-order valence-electron chi connectivity index (χ4n) is 6.09. The summed E-state index contributed by atoms with van der Waals surface area (Å²) >= 11 is 0. The molecular formula is C44H56CaF2N6O12S2. The van der Waals surface area contributed by atoms with E-state index in [4.69, 9.17) is 10.2 Å². The van der Waals surface area contributed by atoms with E-state index in [2.05, 4.69) is 19.9 Å². The van der Waals surface area contributed by atoms with E-state index in [-0.39, 0.29) is 74.3 Å². The van der Waals surface area contributed by atoms with Gasteiger partial charge in [0.1, 0.15) is 11.6 Å². The maximum absolute atomic E-state index is 13.5. The van der Waals surface area contributed by atoms with Crippen LogP contribution in [0, 0.1) is 11.6 Å². The van der Waals surface area contributed by atoms with Gasteiger partial charge in [-0.05, 0) is 60.4 Å². The quantitative estimate of drug-likeness (QED) is 0.0669. The number of benzene rings is 2. The Kier molecular flexibility index (Phi) is 22.5. The van der Waals surface area contributed by atoms with Gasteiger partial charge in [0.05, 0.1) is 72.5 Å². The average molecular weight is 1000 g/mol. The summed E-state index contributed by atoms with van der Waals surface area (Å²) in [6.45, 7) is 7.41. The molecule has 4 rings (SSSR count). The molecule has 0 bridgehead atoms. The summed E-state index contributed by atoms with van der Waals surface area (Å²) in [6, 6.07) is 11.0. The van der Waals surface area contributed by atoms with Gasteiger partial charge < -0.3 is 30.6 Å². The fourth-order valence-corrected chi connectivity index (χ4v) is 6.85. The first-order valence-corrected chi connectivity index (χ1v) is 24.0. The van der Waals surface area contributed by atoms with Crippen molar-refractivity contribution in [2.24, 2.45) is 0 Å². The van der Waals surface area contributed by atoms with Crippen LogP contribution in [0.15, 0.2) is 60.7 Å². The van der Waals surface area contributed by atoms with Gasteiger partial charge in [-0.2, -0.15) is 0 Å². The number of nitrogens with zero attached hydrogens (tertiary/aromatic N) is 6. The monoisotopic (exact) mass is 1000 g/mol. The van der Waals surface area contributed by atoms with Gasteiger partial charge in [0.25, 0.3) is 0 Å². The van der Waals surface area contributed by atoms with Crippen molar-refractivity contribution < 1.29 is 65.8 Å². The van der Waals surface area contributed by atoms with Crippen LogP contribution < -0.4 is 8.61 Å². The van der Waals surface area contributed by atoms with Crippen molar-refractivity contribution in [1.29, 1.82) is 0 Å². The molecule has 0 unspecified atom stereocenters. The molecule has 362 valence electrons. The Morgan fingerprint density at radius 2 is 0.896 bits per heavy atom. The number of hydrogen-bond acceptors (Lipinski definition) is 14. The average Bonchev–Trinajstić information content (AvgIpc) is 3.20. The zero-order valence-electron chi connectivity index (χ0n) is 38.3. The molecule has 4 atom stereocenters. The number of hydrogen-bond donors (Lipinski definition) is 6. The van der Waals surface area contributed by atoms with E-state index >= 15 is 0 Å². The number of aromatic nitrogens is 4. The van der Waals surface area contributed by atoms with E-state index in [0.29, 0.717) is 45.0 Å². The van der Waals surface area contributed by atoms with E-state index in [1.165, 1.54) is 86.9 Å². The van der Waals surface area contributed by atoms with Crippen LogP contribution >= 0.6 is 0 Å². The van der Waals surface area contributed by atoms with Gasteiger partial charge in [-0.1, -0.05) is 52.0 Å². The minimum atomic E-state index is -3.65. The standard InChI is InChI=1S/2C22H28FN3O6S.Ca/c2*1-13(2)20-18(10-9-16(27)11-17(28)12-19(29)30)21(14-5-7-15(23)8-6-14)25-22(24-20)26(3)33(4,31)32;/h2*5-10,13,16-17,27-28H,11-12H2,1-4H3,(H,29,30);/b2*10-9+;/t2*16-,17-;/m11./s1. The summed E-state index contributed by atoms with van der Waals surface area (Å²) in [6.07, 6.45) is 1.72. The molecule has 0 aliphatic rings. The number of aliphatic hydroxyl groups is 4. The van der Waals surface area contributed by atoms with Gasteiger partial charge in [0.15, 0.2) is 0 Å². The van der Waals surface area contributed by atoms with Crippen molar-refractivity contribution in [3.05, 3.63) is 94.8 Å². The largest absolute Gasteiger partial charge is 0.481 e. The summed E-state index contributed by atoms with van der Waals surface area (Å²) in [5, 5.41) is 57.6. The maximum Gasteiger partial charge on any atom is 0.305 e. The molecule has 6 N–H and O–H groups in total. The third-order valence-electron chi connectivity index (χ3n) is 9.63. The van der Waals surface area contributed by atoms with E-state index in [1.54, 1.807) is 0 Å². The van der Waals surface area contributed by atoms with Crippen molar-refractivity contribution in [2.45, 2.75) is 89.6 Å². The van der Waals surface area contributed by atoms with Gasteiger partial charge in [-0.3, -0.25) is 9.59 Å². The Morgan fingerprint density at radius 1 is 0.597 bits per heavy atom. The molecule has 2 aromatic carbocycles. The molecule has 0 amide bonds. The third kappa shape index (κ3) is 18.1. The number of halogens is 2. The van der Waals surface area contributed by atoms with Crippen molar-refractivity contribution in [3.63, 3.8) is 0 Å². The molecular weight excluding hydrogens is 947 g/mol. The predicted molar refractivity (Wildman–Crippen MR) is 251 cm³/mol. The summed E-state index contributed by atoms with van der Waals surface area (Å²) in [5.41, 5.74) is 3.60. The fraction of sp³-hybridized carbons (Fsp3) is 0.409. The minimum Gasteiger partial charge on any atom is -0.481 e. The summed E-state index contributed by atoms with van der Waals surface area (Å²) in [5.74, 6) is -3.74. The van der Waals surface area contributed by atoms with Crippen LogP contribution in [0.25, 0.3) is 34.7 Å². The smallest absolute Gasteiger partial charge is 0.305 e. The van der Waals surface area contributed by atoms with Gasteiger partial charge in [-0.15, -0.1) is 0 Å². The zero-order valence-corrected chi connectivity index (χ0v) is 42.2. The first-order chi connectivity index (χ1) is 30.6. The summed E-state index contributed by atoms with van der Waals surface area (Å²) < 4.78 is 77.2. The van der Waals surface area contributed by atoms with Crippen LogP contribution in [-0.2, 0) is 29.6 Å². The van der Waals surface area contributed by atoms with Crippen molar-refractivity contribution in [3.8, 4) is 22.5 Å². The molecule has 0 spiro atoms. The Hall–Kier alpha value is -4.52. The second kappa shape index (κ2) is 25.7. The molecule has 18 nitrogen and oxygen atoms in total. The van der Waals surface area contributed by atoms with E-state index < -0.39 is 80.9 Å². The van der Waals surface area contributed by atoms with E-state index in [1.807, 2.05) is 27.7 Å². The van der Waals surface area contributed by atoms with Crippen LogP contribution in [0.4, 0.5) is 20.7 Å². The molecule has 0 saturated heterocycles. The molecule has 0 aliphatic heterocycles. The first-order valence-electron chi connectivity index (χ1n) is 20.3. The Labute approximate surface area is 418 Å². The van der Waals surface area contributed by atoms with Crippen LogP contribution in [0.2, 0.25) is 0 Å². The van der Waals surface area contributed by atoms with Crippen LogP contribution in [0.5, 0.6) is 0 Å². The van der Waals surface area contributed by atoms with Gasteiger partial charge in [-0.25, -0.2) is 54.2 Å². The molecule has 0 fully saturated rings. The molecule has 67 heavy (non-hydrogen) atoms. The number of aliphatic carboxylic acids is 2. The van der Waals surface area contributed by atoms with Crippen LogP contribution in [0.1, 0.15) is 87.7 Å². The van der Waals surface area contributed by atoms with E-state index in [9.17, 15) is 55.6 Å². The third-order valence-corrected chi connectivity index (χ3v) is 11.9. The molecule has 2 radical (unpaired) electrons. The Morgan fingerprint density at radius 3 is 1.15 bits per heavy atom. The molecule has 0 saturated carbocycles. The number of aliphatic hydroxyl groups excluding tert-OH is 4. The number of carboxylic acids is 2. The molecule has 23 heteroatoms. The second-order valence-electron chi connectivity index (χ2n) is 16.0. The normalized spacial score (nSPS) is 13.7.